The van der Waals surface area contributed by atoms with Gasteiger partial charge >= 0.3 is 11.9 Å². The van der Waals surface area contributed by atoms with Gasteiger partial charge in [0.2, 0.25) is 0 Å². The Morgan fingerprint density at radius 1 is 1.00 bits per heavy atom. The first kappa shape index (κ1) is 16.7. The largest absolute Gasteiger partial charge is 0.465 e. The molecular weight excluding hydrogens is 324 g/mol. The van der Waals surface area contributed by atoms with Crippen LogP contribution in [0.1, 0.15) is 31.2 Å². The zero-order chi connectivity index (χ0) is 18.1. The minimum absolute atomic E-state index is 0.00973. The molecule has 0 amide bonds. The van der Waals surface area contributed by atoms with Gasteiger partial charge in [-0.25, -0.2) is 9.59 Å². The van der Waals surface area contributed by atoms with Gasteiger partial charge in [-0.3, -0.25) is 4.79 Å². The maximum absolute atomic E-state index is 12.5. The second-order valence-corrected chi connectivity index (χ2v) is 5.33. The fraction of sp³-hybridized carbons (Fsp3) is 0.167. The molecule has 2 heterocycles. The van der Waals surface area contributed by atoms with E-state index in [0.717, 1.165) is 5.39 Å². The van der Waals surface area contributed by atoms with Crippen molar-refractivity contribution in [2.75, 3.05) is 20.8 Å². The van der Waals surface area contributed by atoms with Crippen LogP contribution in [0.3, 0.4) is 0 Å². The van der Waals surface area contributed by atoms with Crippen LogP contribution in [0.25, 0.3) is 16.3 Å². The van der Waals surface area contributed by atoms with Crippen molar-refractivity contribution in [2.24, 2.45) is 5.73 Å². The number of carbonyl (C=O) groups is 3. The van der Waals surface area contributed by atoms with E-state index in [1.54, 1.807) is 24.4 Å². The summed E-state index contributed by atoms with van der Waals surface area (Å²) in [6, 6.07) is 9.11. The van der Waals surface area contributed by atoms with E-state index >= 15 is 0 Å². The van der Waals surface area contributed by atoms with Crippen molar-refractivity contribution in [3.63, 3.8) is 0 Å². The molecule has 0 aliphatic carbocycles. The van der Waals surface area contributed by atoms with E-state index in [-0.39, 0.29) is 23.4 Å². The summed E-state index contributed by atoms with van der Waals surface area (Å²) in [5.41, 5.74) is 5.77. The normalized spacial score (nSPS) is 10.8. The molecule has 0 aliphatic rings. The molecule has 128 valence electrons. The number of pyridine rings is 1. The van der Waals surface area contributed by atoms with Crippen LogP contribution in [0.4, 0.5) is 0 Å². The van der Waals surface area contributed by atoms with Crippen LogP contribution in [0.2, 0.25) is 0 Å². The first-order valence-corrected chi connectivity index (χ1v) is 7.50. The number of nitrogens with two attached hydrogens (primary N) is 1. The predicted molar refractivity (Wildman–Crippen MR) is 91.0 cm³/mol. The third-order valence-electron chi connectivity index (χ3n) is 4.05. The van der Waals surface area contributed by atoms with Crippen molar-refractivity contribution in [3.05, 3.63) is 53.3 Å². The molecular formula is C18H16N2O5. The maximum atomic E-state index is 12.5. The molecule has 0 radical (unpaired) electrons. The molecule has 2 aromatic heterocycles. The molecule has 0 spiro atoms. The van der Waals surface area contributed by atoms with Crippen LogP contribution in [-0.4, -0.2) is 42.9 Å². The third-order valence-corrected chi connectivity index (χ3v) is 4.05. The Bertz CT molecular complexity index is 1020. The van der Waals surface area contributed by atoms with E-state index in [1.807, 2.05) is 12.1 Å². The SMILES string of the molecule is COC(=O)c1c(C(=O)OC)c2c3ccccc3ccn2c1C(=O)CN. The van der Waals surface area contributed by atoms with Crippen molar-refractivity contribution >= 4 is 34.0 Å². The second-order valence-electron chi connectivity index (χ2n) is 5.33. The Kier molecular flexibility index (Phi) is 4.24. The van der Waals surface area contributed by atoms with Gasteiger partial charge in [-0.15, -0.1) is 0 Å². The number of hydrogen-bond donors (Lipinski definition) is 1. The van der Waals surface area contributed by atoms with Gasteiger partial charge in [0, 0.05) is 11.6 Å². The molecule has 1 aromatic carbocycles. The number of rotatable bonds is 4. The van der Waals surface area contributed by atoms with Crippen LogP contribution < -0.4 is 5.73 Å². The first-order chi connectivity index (χ1) is 12.0. The molecule has 0 aliphatic heterocycles. The lowest BCUT2D eigenvalue weighted by Gasteiger charge is -2.05. The van der Waals surface area contributed by atoms with E-state index in [0.29, 0.717) is 10.9 Å². The lowest BCUT2D eigenvalue weighted by atomic mass is 10.0. The number of hydrogen-bond acceptors (Lipinski definition) is 6. The molecule has 25 heavy (non-hydrogen) atoms. The summed E-state index contributed by atoms with van der Waals surface area (Å²) in [5, 5.41) is 1.55. The van der Waals surface area contributed by atoms with Gasteiger partial charge in [0.1, 0.15) is 16.8 Å². The molecule has 2 N–H and O–H groups in total. The highest BCUT2D eigenvalue weighted by Crippen LogP contribution is 2.31. The number of esters is 2. The van der Waals surface area contributed by atoms with Crippen molar-refractivity contribution in [1.29, 1.82) is 0 Å². The Hall–Kier alpha value is -3.19. The van der Waals surface area contributed by atoms with Gasteiger partial charge in [-0.05, 0) is 11.5 Å². The average molecular weight is 340 g/mol. The number of aromatic nitrogens is 1. The Labute approximate surface area is 142 Å². The minimum Gasteiger partial charge on any atom is -0.465 e. The third kappa shape index (κ3) is 2.45. The van der Waals surface area contributed by atoms with Crippen molar-refractivity contribution < 1.29 is 23.9 Å². The molecule has 7 nitrogen and oxygen atoms in total. The van der Waals surface area contributed by atoms with Gasteiger partial charge in [-0.1, -0.05) is 24.3 Å². The Morgan fingerprint density at radius 3 is 2.28 bits per heavy atom. The van der Waals surface area contributed by atoms with E-state index < -0.39 is 17.7 Å². The number of methoxy groups -OCH3 is 2. The number of Topliss-reactive ketones (excluding diaryl/α,β-unsaturated/α-hetero) is 1. The molecule has 3 rings (SSSR count). The Morgan fingerprint density at radius 2 is 1.64 bits per heavy atom. The van der Waals surface area contributed by atoms with Crippen LogP contribution in [0, 0.1) is 0 Å². The molecule has 0 bridgehead atoms. The van der Waals surface area contributed by atoms with E-state index in [2.05, 4.69) is 0 Å². The highest BCUT2D eigenvalue weighted by Gasteiger charge is 2.32. The van der Waals surface area contributed by atoms with Crippen molar-refractivity contribution in [1.82, 2.24) is 4.40 Å². The molecule has 0 saturated carbocycles. The van der Waals surface area contributed by atoms with Crippen LogP contribution in [0.5, 0.6) is 0 Å². The molecule has 0 saturated heterocycles. The van der Waals surface area contributed by atoms with Gasteiger partial charge in [-0.2, -0.15) is 0 Å². The fourth-order valence-electron chi connectivity index (χ4n) is 2.99. The highest BCUT2D eigenvalue weighted by atomic mass is 16.5. The summed E-state index contributed by atoms with van der Waals surface area (Å²) in [6.45, 7) is -0.316. The molecule has 0 fully saturated rings. The van der Waals surface area contributed by atoms with Crippen molar-refractivity contribution in [3.8, 4) is 0 Å². The maximum Gasteiger partial charge on any atom is 0.341 e. The zero-order valence-electron chi connectivity index (χ0n) is 13.7. The first-order valence-electron chi connectivity index (χ1n) is 7.50. The number of benzene rings is 1. The summed E-state index contributed by atoms with van der Waals surface area (Å²) in [5.74, 6) is -2.02. The van der Waals surface area contributed by atoms with Gasteiger partial charge in [0.05, 0.1) is 26.3 Å². The van der Waals surface area contributed by atoms with Crippen LogP contribution in [0.15, 0.2) is 36.5 Å². The lowest BCUT2D eigenvalue weighted by Crippen LogP contribution is -2.20. The quantitative estimate of drug-likeness (QED) is 0.574. The summed E-state index contributed by atoms with van der Waals surface area (Å²) < 4.78 is 11.1. The molecule has 0 unspecified atom stereocenters. The van der Waals surface area contributed by atoms with E-state index in [4.69, 9.17) is 15.2 Å². The molecule has 0 atom stereocenters. The molecule has 7 heteroatoms. The zero-order valence-corrected chi connectivity index (χ0v) is 13.7. The van der Waals surface area contributed by atoms with Crippen LogP contribution >= 0.6 is 0 Å². The minimum atomic E-state index is -0.801. The number of ether oxygens (including phenoxy) is 2. The fourth-order valence-corrected chi connectivity index (χ4v) is 2.99. The summed E-state index contributed by atoms with van der Waals surface area (Å²) in [4.78, 5) is 37.2. The predicted octanol–water partition coefficient (Wildman–Crippen LogP) is 1.81. The lowest BCUT2D eigenvalue weighted by molar-refractivity contribution is 0.0556. The Balaban J connectivity index is 2.60. The summed E-state index contributed by atoms with van der Waals surface area (Å²) in [6.07, 6.45) is 1.62. The van der Waals surface area contributed by atoms with Gasteiger partial charge in [0.15, 0.2) is 5.78 Å². The summed E-state index contributed by atoms with van der Waals surface area (Å²) >= 11 is 0. The monoisotopic (exact) mass is 340 g/mol. The van der Waals surface area contributed by atoms with E-state index in [1.165, 1.54) is 18.6 Å². The smallest absolute Gasteiger partial charge is 0.341 e. The summed E-state index contributed by atoms with van der Waals surface area (Å²) in [7, 11) is 2.39. The number of fused-ring (bicyclic) bond motifs is 3. The highest BCUT2D eigenvalue weighted by molar-refractivity contribution is 6.19. The topological polar surface area (TPSA) is 100 Å². The number of carbonyl (C=O) groups excluding carboxylic acids is 3. The van der Waals surface area contributed by atoms with Gasteiger partial charge < -0.3 is 19.6 Å². The molecule has 3 aromatic rings. The number of nitrogens with zero attached hydrogens (tertiary/aromatic N) is 1. The second kappa shape index (κ2) is 6.37. The standard InChI is InChI=1S/C18H16N2O5/c1-24-17(22)13-14(18(23)25-2)16(12(21)9-19)20-8-7-10-5-3-4-6-11(10)15(13)20/h3-8H,9,19H2,1-2H3. The average Bonchev–Trinajstić information content (AvgIpc) is 3.01. The van der Waals surface area contributed by atoms with Gasteiger partial charge in [0.25, 0.3) is 0 Å². The number of ketones is 1. The van der Waals surface area contributed by atoms with Crippen LogP contribution in [-0.2, 0) is 9.47 Å². The van der Waals surface area contributed by atoms with Crippen molar-refractivity contribution in [2.45, 2.75) is 0 Å². The van der Waals surface area contributed by atoms with E-state index in [9.17, 15) is 14.4 Å².